The van der Waals surface area contributed by atoms with Gasteiger partial charge in [0.2, 0.25) is 0 Å². The number of nitrogens with zero attached hydrogens (tertiary/aromatic N) is 1. The van der Waals surface area contributed by atoms with E-state index >= 15 is 0 Å². The zero-order valence-electron chi connectivity index (χ0n) is 27.0. The van der Waals surface area contributed by atoms with Crippen LogP contribution in [0.1, 0.15) is 106 Å². The van der Waals surface area contributed by atoms with Crippen LogP contribution >= 0.6 is 0 Å². The summed E-state index contributed by atoms with van der Waals surface area (Å²) < 4.78 is 0. The third kappa shape index (κ3) is 8.01. The van der Waals surface area contributed by atoms with Gasteiger partial charge in [0.1, 0.15) is 0 Å². The van der Waals surface area contributed by atoms with E-state index in [9.17, 15) is 0 Å². The Hall–Kier alpha value is -2.10. The van der Waals surface area contributed by atoms with Crippen molar-refractivity contribution in [3.05, 3.63) is 61.8 Å². The lowest BCUT2D eigenvalue weighted by Crippen LogP contribution is -2.53. The molecule has 1 saturated heterocycles. The summed E-state index contributed by atoms with van der Waals surface area (Å²) in [5.41, 5.74) is 3.52. The van der Waals surface area contributed by atoms with Gasteiger partial charge in [-0.25, -0.2) is 0 Å². The summed E-state index contributed by atoms with van der Waals surface area (Å²) in [4.78, 5) is 2.60. The van der Waals surface area contributed by atoms with Gasteiger partial charge in [0, 0.05) is 24.0 Å². The zero-order chi connectivity index (χ0) is 29.6. The molecule has 0 radical (unpaired) electrons. The number of hydrogen-bond donors (Lipinski definition) is 3. The molecule has 0 spiro atoms. The molecule has 226 valence electrons. The fraction of sp³-hybridized carbons (Fsp3) is 0.722. The van der Waals surface area contributed by atoms with Gasteiger partial charge in [-0.05, 0) is 66.8 Å². The second-order valence-electron chi connectivity index (χ2n) is 14.3. The Labute approximate surface area is 247 Å². The lowest BCUT2D eigenvalue weighted by molar-refractivity contribution is 0.167. The Bertz CT molecular complexity index is 906. The smallest absolute Gasteiger partial charge is 0.0920 e. The van der Waals surface area contributed by atoms with E-state index in [2.05, 4.69) is 88.7 Å². The summed E-state index contributed by atoms with van der Waals surface area (Å²) in [5.74, 6) is 3.47. The van der Waals surface area contributed by atoms with Gasteiger partial charge in [0.25, 0.3) is 0 Å². The van der Waals surface area contributed by atoms with E-state index < -0.39 is 0 Å². The summed E-state index contributed by atoms with van der Waals surface area (Å²) in [7, 11) is 0. The van der Waals surface area contributed by atoms with Gasteiger partial charge in [-0.3, -0.25) is 0 Å². The van der Waals surface area contributed by atoms with Crippen LogP contribution in [0.4, 0.5) is 0 Å². The van der Waals surface area contributed by atoms with Gasteiger partial charge < -0.3 is 20.9 Å². The van der Waals surface area contributed by atoms with Crippen molar-refractivity contribution >= 4 is 0 Å². The third-order valence-electron chi connectivity index (χ3n) is 10.0. The second kappa shape index (κ2) is 14.2. The molecule has 3 aliphatic rings. The maximum atomic E-state index is 4.85. The summed E-state index contributed by atoms with van der Waals surface area (Å²) >= 11 is 0. The van der Waals surface area contributed by atoms with Crippen LogP contribution in [0.2, 0.25) is 0 Å². The lowest BCUT2D eigenvalue weighted by atomic mass is 9.74. The van der Waals surface area contributed by atoms with Gasteiger partial charge in [-0.15, -0.1) is 0 Å². The van der Waals surface area contributed by atoms with E-state index in [0.29, 0.717) is 23.8 Å². The molecule has 4 unspecified atom stereocenters. The van der Waals surface area contributed by atoms with Crippen LogP contribution in [0.3, 0.4) is 0 Å². The summed E-state index contributed by atoms with van der Waals surface area (Å²) in [5, 5.41) is 11.5. The first-order chi connectivity index (χ1) is 18.9. The topological polar surface area (TPSA) is 39.3 Å². The zero-order valence-corrected chi connectivity index (χ0v) is 27.0. The fourth-order valence-corrected chi connectivity index (χ4v) is 7.41. The SMILES string of the molecule is C=CC(=C)C(CC(C)C)NC(=C)C1[C@H]2C[C@H]2CN1C(=C)C(NC(=C)NC(CCC)C(C)C)C1(C)CCCCCC1. The second-order valence-corrected chi connectivity index (χ2v) is 14.3. The molecular weight excluding hydrogens is 488 g/mol. The third-order valence-corrected chi connectivity index (χ3v) is 10.0. The van der Waals surface area contributed by atoms with E-state index in [1.165, 1.54) is 57.1 Å². The number of likely N-dealkylation sites (tertiary alicyclic amines) is 1. The highest BCUT2D eigenvalue weighted by atomic mass is 15.3. The average molecular weight is 551 g/mol. The molecule has 3 rings (SSSR count). The molecular formula is C36H62N4. The maximum absolute atomic E-state index is 4.85. The molecule has 3 N–H and O–H groups in total. The monoisotopic (exact) mass is 550 g/mol. The number of fused-ring (bicyclic) bond motifs is 1. The summed E-state index contributed by atoms with van der Waals surface area (Å²) in [6.45, 7) is 37.3. The lowest BCUT2D eigenvalue weighted by Gasteiger charge is -2.45. The van der Waals surface area contributed by atoms with Crippen molar-refractivity contribution in [3.8, 4) is 0 Å². The molecule has 4 heteroatoms. The molecule has 0 aromatic heterocycles. The standard InChI is InChI=1S/C36H62N4/c1-12-18-32(25(5)6)38-29(10)39-35(36(11)19-16-14-15-17-20-36)28(9)40-23-30-22-31(30)34(40)27(8)37-33(21-24(3)4)26(7)13-2/h13,24-25,30-35,37-39H,2,7-10,12,14-23H2,1,3-6,11H3/t30-,31-,32?,33?,34?,35?/m0/s1. The Morgan fingerprint density at radius 1 is 0.975 bits per heavy atom. The van der Waals surface area contributed by atoms with Gasteiger partial charge in [0.15, 0.2) is 0 Å². The molecule has 6 atom stereocenters. The first-order valence-electron chi connectivity index (χ1n) is 16.4. The number of rotatable bonds is 17. The molecule has 40 heavy (non-hydrogen) atoms. The molecule has 0 aromatic rings. The average Bonchev–Trinajstić information content (AvgIpc) is 3.61. The Balaban J connectivity index is 1.84. The Morgan fingerprint density at radius 2 is 1.62 bits per heavy atom. The minimum atomic E-state index is 0.139. The first-order valence-corrected chi connectivity index (χ1v) is 16.4. The Morgan fingerprint density at radius 3 is 2.17 bits per heavy atom. The van der Waals surface area contributed by atoms with Crippen LogP contribution in [0.25, 0.3) is 0 Å². The molecule has 2 aliphatic carbocycles. The van der Waals surface area contributed by atoms with E-state index in [0.717, 1.165) is 42.4 Å². The van der Waals surface area contributed by atoms with Gasteiger partial charge in [-0.2, -0.15) is 0 Å². The molecule has 0 aromatic carbocycles. The molecule has 1 aliphatic heterocycles. The number of nitrogens with one attached hydrogen (secondary N) is 3. The Kier molecular flexibility index (Phi) is 11.5. The van der Waals surface area contributed by atoms with Crippen molar-refractivity contribution in [1.82, 2.24) is 20.9 Å². The van der Waals surface area contributed by atoms with E-state index in [-0.39, 0.29) is 23.5 Å². The minimum Gasteiger partial charge on any atom is -0.380 e. The van der Waals surface area contributed by atoms with Crippen LogP contribution in [-0.4, -0.2) is 35.6 Å². The molecule has 3 fully saturated rings. The number of piperidine rings is 1. The maximum Gasteiger partial charge on any atom is 0.0920 e. The van der Waals surface area contributed by atoms with Gasteiger partial charge >= 0.3 is 0 Å². The van der Waals surface area contributed by atoms with Crippen LogP contribution in [0.5, 0.6) is 0 Å². The van der Waals surface area contributed by atoms with Crippen molar-refractivity contribution in [1.29, 1.82) is 0 Å². The van der Waals surface area contributed by atoms with Crippen molar-refractivity contribution in [3.63, 3.8) is 0 Å². The van der Waals surface area contributed by atoms with E-state index in [1.54, 1.807) is 0 Å². The predicted octanol–water partition coefficient (Wildman–Crippen LogP) is 8.28. The molecule has 0 amide bonds. The van der Waals surface area contributed by atoms with Crippen LogP contribution in [-0.2, 0) is 0 Å². The van der Waals surface area contributed by atoms with Crippen molar-refractivity contribution in [2.45, 2.75) is 130 Å². The van der Waals surface area contributed by atoms with Gasteiger partial charge in [0.05, 0.1) is 23.9 Å². The highest BCUT2D eigenvalue weighted by Gasteiger charge is 2.55. The van der Waals surface area contributed by atoms with Crippen molar-refractivity contribution in [2.24, 2.45) is 29.1 Å². The van der Waals surface area contributed by atoms with Crippen LogP contribution in [0.15, 0.2) is 61.8 Å². The predicted molar refractivity (Wildman–Crippen MR) is 175 cm³/mol. The normalized spacial score (nSPS) is 25.8. The largest absolute Gasteiger partial charge is 0.380 e. The number of hydrogen-bond acceptors (Lipinski definition) is 4. The molecule has 1 heterocycles. The minimum absolute atomic E-state index is 0.139. The quantitative estimate of drug-likeness (QED) is 0.126. The summed E-state index contributed by atoms with van der Waals surface area (Å²) in [6, 6.07) is 1.00. The van der Waals surface area contributed by atoms with E-state index in [1.807, 2.05) is 6.08 Å². The van der Waals surface area contributed by atoms with Gasteiger partial charge in [-0.1, -0.05) is 113 Å². The first kappa shape index (κ1) is 32.4. The van der Waals surface area contributed by atoms with E-state index in [4.69, 9.17) is 6.58 Å². The molecule has 4 nitrogen and oxygen atoms in total. The van der Waals surface area contributed by atoms with Crippen molar-refractivity contribution < 1.29 is 0 Å². The van der Waals surface area contributed by atoms with Crippen LogP contribution < -0.4 is 16.0 Å². The van der Waals surface area contributed by atoms with Crippen LogP contribution in [0, 0.1) is 29.1 Å². The fourth-order valence-electron chi connectivity index (χ4n) is 7.41. The van der Waals surface area contributed by atoms with Crippen molar-refractivity contribution in [2.75, 3.05) is 6.54 Å². The highest BCUT2D eigenvalue weighted by molar-refractivity contribution is 5.29. The molecule has 0 bridgehead atoms. The summed E-state index contributed by atoms with van der Waals surface area (Å²) in [6.07, 6.45) is 14.2. The molecule has 2 saturated carbocycles. The highest BCUT2D eigenvalue weighted by Crippen LogP contribution is 2.53.